The van der Waals surface area contributed by atoms with Crippen LogP contribution >= 0.6 is 11.3 Å². The summed E-state index contributed by atoms with van der Waals surface area (Å²) in [6, 6.07) is 9.92. The molecule has 0 saturated heterocycles. The molecule has 2 aromatic heterocycles. The molecule has 7 heteroatoms. The van der Waals surface area contributed by atoms with Gasteiger partial charge in [-0.1, -0.05) is 23.5 Å². The summed E-state index contributed by atoms with van der Waals surface area (Å²) in [6.45, 7) is 2.42. The Kier molecular flexibility index (Phi) is 3.58. The van der Waals surface area contributed by atoms with E-state index in [9.17, 15) is 15.0 Å². The lowest BCUT2D eigenvalue weighted by molar-refractivity contribution is 0.344. The summed E-state index contributed by atoms with van der Waals surface area (Å²) in [5, 5.41) is 19.0. The average Bonchev–Trinajstić information content (AvgIpc) is 3.09. The van der Waals surface area contributed by atoms with Gasteiger partial charge in [0.15, 0.2) is 16.5 Å². The van der Waals surface area contributed by atoms with Crippen molar-refractivity contribution in [2.75, 3.05) is 6.61 Å². The molecule has 126 valence electrons. The predicted molar refractivity (Wildman–Crippen MR) is 96.6 cm³/mol. The zero-order valence-electron chi connectivity index (χ0n) is 13.3. The number of hydrogen-bond donors (Lipinski definition) is 2. The molecule has 0 saturated carbocycles. The van der Waals surface area contributed by atoms with E-state index >= 15 is 0 Å². The second-order valence-corrected chi connectivity index (χ2v) is 6.46. The van der Waals surface area contributed by atoms with Gasteiger partial charge in [-0.3, -0.25) is 4.79 Å². The third-order valence-electron chi connectivity index (χ3n) is 3.83. The van der Waals surface area contributed by atoms with Gasteiger partial charge in [0.1, 0.15) is 11.3 Å². The van der Waals surface area contributed by atoms with E-state index in [1.807, 2.05) is 25.1 Å². The standard InChI is InChI=1S/C18H14N2O4S/c1-2-24-14-5-3-4-11-16(14)19-18-20(11)17(23)15(25-18)9-10-6-7-12(21)13(22)8-10/h3-9,21-22H,2H2,1H3/b15-9-. The van der Waals surface area contributed by atoms with Crippen molar-refractivity contribution in [1.82, 2.24) is 9.38 Å². The van der Waals surface area contributed by atoms with Gasteiger partial charge in [0, 0.05) is 0 Å². The van der Waals surface area contributed by atoms with Crippen LogP contribution in [-0.2, 0) is 0 Å². The Balaban J connectivity index is 1.94. The summed E-state index contributed by atoms with van der Waals surface area (Å²) < 4.78 is 7.64. The van der Waals surface area contributed by atoms with Gasteiger partial charge in [0.05, 0.1) is 16.7 Å². The van der Waals surface area contributed by atoms with Gasteiger partial charge in [-0.2, -0.15) is 0 Å². The fourth-order valence-corrected chi connectivity index (χ4v) is 3.69. The van der Waals surface area contributed by atoms with Crippen molar-refractivity contribution >= 4 is 33.4 Å². The number of thiazole rings is 1. The molecule has 2 heterocycles. The summed E-state index contributed by atoms with van der Waals surface area (Å²) in [5.74, 6) is 0.230. The van der Waals surface area contributed by atoms with Crippen molar-refractivity contribution in [1.29, 1.82) is 0 Å². The van der Waals surface area contributed by atoms with E-state index in [4.69, 9.17) is 4.74 Å². The maximum absolute atomic E-state index is 12.8. The first-order valence-electron chi connectivity index (χ1n) is 7.69. The molecule has 2 aromatic carbocycles. The SMILES string of the molecule is CCOc1cccc2c1nc1s/c(=C\c3ccc(O)c(O)c3)c(=O)n12. The lowest BCUT2D eigenvalue weighted by Crippen LogP contribution is -2.22. The minimum atomic E-state index is -0.227. The van der Waals surface area contributed by atoms with Gasteiger partial charge in [0.25, 0.3) is 5.56 Å². The fraction of sp³-hybridized carbons (Fsp3) is 0.111. The van der Waals surface area contributed by atoms with Crippen molar-refractivity contribution in [3.05, 3.63) is 56.8 Å². The van der Waals surface area contributed by atoms with Crippen molar-refractivity contribution < 1.29 is 14.9 Å². The number of imidazole rings is 1. The summed E-state index contributed by atoms with van der Waals surface area (Å²) in [4.78, 5) is 17.9. The van der Waals surface area contributed by atoms with Crippen LogP contribution in [0, 0.1) is 0 Å². The number of phenolic OH excluding ortho intramolecular Hbond substituents is 2. The Morgan fingerprint density at radius 3 is 2.84 bits per heavy atom. The van der Waals surface area contributed by atoms with Gasteiger partial charge in [0.2, 0.25) is 0 Å². The lowest BCUT2D eigenvalue weighted by Gasteiger charge is -2.02. The third kappa shape index (κ3) is 2.49. The van der Waals surface area contributed by atoms with Crippen LogP contribution in [0.3, 0.4) is 0 Å². The highest BCUT2D eigenvalue weighted by Crippen LogP contribution is 2.27. The Bertz CT molecular complexity index is 1210. The van der Waals surface area contributed by atoms with E-state index in [2.05, 4.69) is 4.98 Å². The Labute approximate surface area is 145 Å². The van der Waals surface area contributed by atoms with Gasteiger partial charge >= 0.3 is 0 Å². The molecule has 4 aromatic rings. The van der Waals surface area contributed by atoms with Crippen LogP contribution < -0.4 is 14.8 Å². The van der Waals surface area contributed by atoms with Crippen LogP contribution in [0.4, 0.5) is 0 Å². The number of rotatable bonds is 3. The maximum Gasteiger partial charge on any atom is 0.274 e. The molecule has 0 atom stereocenters. The first-order valence-corrected chi connectivity index (χ1v) is 8.50. The fourth-order valence-electron chi connectivity index (χ4n) is 2.71. The zero-order chi connectivity index (χ0) is 17.6. The van der Waals surface area contributed by atoms with Crippen molar-refractivity contribution in [2.45, 2.75) is 6.92 Å². The van der Waals surface area contributed by atoms with E-state index in [-0.39, 0.29) is 17.1 Å². The largest absolute Gasteiger partial charge is 0.504 e. The molecule has 0 aliphatic rings. The molecule has 0 aliphatic carbocycles. The van der Waals surface area contributed by atoms with E-state index in [1.165, 1.54) is 23.5 Å². The highest BCUT2D eigenvalue weighted by Gasteiger charge is 2.14. The van der Waals surface area contributed by atoms with Crippen LogP contribution in [-0.4, -0.2) is 26.2 Å². The molecule has 0 spiro atoms. The number of aromatic hydroxyl groups is 2. The summed E-state index contributed by atoms with van der Waals surface area (Å²) in [7, 11) is 0. The average molecular weight is 354 g/mol. The summed E-state index contributed by atoms with van der Waals surface area (Å²) in [6.07, 6.45) is 1.67. The highest BCUT2D eigenvalue weighted by atomic mass is 32.1. The topological polar surface area (TPSA) is 84.1 Å². The lowest BCUT2D eigenvalue weighted by atomic mass is 10.2. The van der Waals surface area contributed by atoms with E-state index in [0.717, 1.165) is 0 Å². The van der Waals surface area contributed by atoms with Crippen LogP contribution in [0.1, 0.15) is 12.5 Å². The number of nitrogens with zero attached hydrogens (tertiary/aromatic N) is 2. The molecule has 0 unspecified atom stereocenters. The normalized spacial score (nSPS) is 12.3. The molecule has 0 aliphatic heterocycles. The van der Waals surface area contributed by atoms with Crippen LogP contribution in [0.25, 0.3) is 22.1 Å². The zero-order valence-corrected chi connectivity index (χ0v) is 14.1. The van der Waals surface area contributed by atoms with Gasteiger partial charge in [-0.15, -0.1) is 0 Å². The van der Waals surface area contributed by atoms with Gasteiger partial charge in [-0.05, 0) is 42.8 Å². The monoisotopic (exact) mass is 354 g/mol. The number of ether oxygens (including phenoxy) is 1. The second-order valence-electron chi connectivity index (χ2n) is 5.45. The van der Waals surface area contributed by atoms with Crippen molar-refractivity contribution in [3.8, 4) is 17.2 Å². The van der Waals surface area contributed by atoms with Crippen LogP contribution in [0.2, 0.25) is 0 Å². The Hall–Kier alpha value is -3.06. The highest BCUT2D eigenvalue weighted by molar-refractivity contribution is 7.15. The number of aromatic nitrogens is 2. The molecule has 4 rings (SSSR count). The van der Waals surface area contributed by atoms with Gasteiger partial charge < -0.3 is 14.9 Å². The van der Waals surface area contributed by atoms with E-state index in [1.54, 1.807) is 16.5 Å². The van der Waals surface area contributed by atoms with Crippen molar-refractivity contribution in [3.63, 3.8) is 0 Å². The molecular formula is C18H14N2O4S. The van der Waals surface area contributed by atoms with E-state index in [0.29, 0.717) is 38.4 Å². The smallest absolute Gasteiger partial charge is 0.274 e. The summed E-state index contributed by atoms with van der Waals surface area (Å²) in [5.41, 5.74) is 1.82. The molecule has 25 heavy (non-hydrogen) atoms. The number of benzene rings is 2. The van der Waals surface area contributed by atoms with E-state index < -0.39 is 0 Å². The van der Waals surface area contributed by atoms with Crippen molar-refractivity contribution in [2.24, 2.45) is 0 Å². The number of fused-ring (bicyclic) bond motifs is 3. The Morgan fingerprint density at radius 2 is 2.08 bits per heavy atom. The minimum Gasteiger partial charge on any atom is -0.504 e. The molecule has 0 bridgehead atoms. The predicted octanol–water partition coefficient (Wildman–Crippen LogP) is 2.27. The molecule has 0 amide bonds. The quantitative estimate of drug-likeness (QED) is 0.552. The van der Waals surface area contributed by atoms with Gasteiger partial charge in [-0.25, -0.2) is 9.38 Å². The minimum absolute atomic E-state index is 0.177. The second kappa shape index (κ2) is 5.78. The Morgan fingerprint density at radius 1 is 1.24 bits per heavy atom. The number of phenols is 2. The molecular weight excluding hydrogens is 340 g/mol. The number of para-hydroxylation sites is 1. The number of hydrogen-bond acceptors (Lipinski definition) is 6. The van der Waals surface area contributed by atoms with Crippen LogP contribution in [0.15, 0.2) is 41.2 Å². The molecule has 2 N–H and O–H groups in total. The molecule has 6 nitrogen and oxygen atoms in total. The first kappa shape index (κ1) is 15.5. The summed E-state index contributed by atoms with van der Waals surface area (Å²) >= 11 is 1.27. The third-order valence-corrected chi connectivity index (χ3v) is 4.80. The van der Waals surface area contributed by atoms with Crippen LogP contribution in [0.5, 0.6) is 17.2 Å². The molecule has 0 fully saturated rings. The maximum atomic E-state index is 12.8. The molecule has 0 radical (unpaired) electrons. The first-order chi connectivity index (χ1) is 12.1.